The molecule has 1 aromatic heterocycles. The number of aryl methyl sites for hydroxylation is 1. The van der Waals surface area contributed by atoms with Crippen LogP contribution < -0.4 is 5.32 Å². The van der Waals surface area contributed by atoms with Crippen molar-refractivity contribution < 1.29 is 0 Å². The van der Waals surface area contributed by atoms with Crippen LogP contribution in [-0.4, -0.2) is 41.5 Å². The van der Waals surface area contributed by atoms with Crippen LogP contribution in [0.2, 0.25) is 0 Å². The number of H-pyrrole nitrogens is 1. The largest absolute Gasteiger partial charge is 0.345 e. The zero-order valence-corrected chi connectivity index (χ0v) is 11.4. The Morgan fingerprint density at radius 2 is 2.24 bits per heavy atom. The molecule has 1 atom stereocenters. The quantitative estimate of drug-likeness (QED) is 0.836. The van der Waals surface area contributed by atoms with Gasteiger partial charge in [0.2, 0.25) is 0 Å². The van der Waals surface area contributed by atoms with Gasteiger partial charge in [0.05, 0.1) is 11.7 Å². The molecule has 1 aliphatic heterocycles. The van der Waals surface area contributed by atoms with Crippen LogP contribution in [0.5, 0.6) is 0 Å². The van der Waals surface area contributed by atoms with Crippen molar-refractivity contribution in [3.05, 3.63) is 17.2 Å². The molecule has 0 aromatic carbocycles. The number of imidazole rings is 1. The van der Waals surface area contributed by atoms with Crippen LogP contribution in [0.25, 0.3) is 0 Å². The molecule has 17 heavy (non-hydrogen) atoms. The summed E-state index contributed by atoms with van der Waals surface area (Å²) >= 11 is 0. The Kier molecular flexibility index (Phi) is 3.84. The molecule has 1 aliphatic rings. The van der Waals surface area contributed by atoms with Gasteiger partial charge in [0, 0.05) is 25.3 Å². The van der Waals surface area contributed by atoms with E-state index >= 15 is 0 Å². The van der Waals surface area contributed by atoms with E-state index in [1.54, 1.807) is 0 Å². The number of rotatable bonds is 3. The molecule has 2 rings (SSSR count). The van der Waals surface area contributed by atoms with E-state index in [4.69, 9.17) is 4.98 Å². The molecule has 1 unspecified atom stereocenters. The van der Waals surface area contributed by atoms with Gasteiger partial charge in [-0.05, 0) is 26.3 Å². The summed E-state index contributed by atoms with van der Waals surface area (Å²) in [5.41, 5.74) is 2.45. The van der Waals surface area contributed by atoms with Crippen molar-refractivity contribution in [2.75, 3.05) is 26.7 Å². The molecule has 0 radical (unpaired) electrons. The maximum atomic E-state index is 4.76. The zero-order valence-electron chi connectivity index (χ0n) is 11.4. The van der Waals surface area contributed by atoms with Crippen molar-refractivity contribution >= 4 is 0 Å². The minimum absolute atomic E-state index is 0.355. The van der Waals surface area contributed by atoms with Crippen molar-refractivity contribution in [3.63, 3.8) is 0 Å². The van der Waals surface area contributed by atoms with Crippen molar-refractivity contribution in [1.29, 1.82) is 0 Å². The van der Waals surface area contributed by atoms with Crippen LogP contribution in [-0.2, 0) is 6.42 Å². The standard InChI is InChI=1S/C13H24N4/c1-9(2)7-11-10(3)15-13(16-11)12-8-17(4)6-5-14-12/h9,12,14H,5-8H2,1-4H3,(H,15,16). The molecule has 0 bridgehead atoms. The van der Waals surface area contributed by atoms with Crippen molar-refractivity contribution in [2.24, 2.45) is 5.92 Å². The minimum Gasteiger partial charge on any atom is -0.345 e. The summed E-state index contributed by atoms with van der Waals surface area (Å²) in [5.74, 6) is 1.76. The minimum atomic E-state index is 0.355. The van der Waals surface area contributed by atoms with Gasteiger partial charge >= 0.3 is 0 Å². The van der Waals surface area contributed by atoms with E-state index in [-0.39, 0.29) is 0 Å². The summed E-state index contributed by atoms with van der Waals surface area (Å²) in [5, 5.41) is 3.52. The highest BCUT2D eigenvalue weighted by Gasteiger charge is 2.21. The van der Waals surface area contributed by atoms with Crippen molar-refractivity contribution in [3.8, 4) is 0 Å². The molecule has 96 valence electrons. The average molecular weight is 236 g/mol. The normalized spacial score (nSPS) is 22.3. The van der Waals surface area contributed by atoms with Crippen molar-refractivity contribution in [2.45, 2.75) is 33.2 Å². The molecule has 4 heteroatoms. The molecule has 1 aromatic rings. The van der Waals surface area contributed by atoms with Gasteiger partial charge in [0.1, 0.15) is 5.82 Å². The third-order valence-corrected chi connectivity index (χ3v) is 3.31. The Morgan fingerprint density at radius 3 is 2.88 bits per heavy atom. The average Bonchev–Trinajstić information content (AvgIpc) is 2.59. The Morgan fingerprint density at radius 1 is 1.47 bits per heavy atom. The summed E-state index contributed by atoms with van der Waals surface area (Å²) in [6, 6.07) is 0.355. The van der Waals surface area contributed by atoms with Gasteiger partial charge in [-0.1, -0.05) is 13.8 Å². The molecule has 1 saturated heterocycles. The first-order valence-electron chi connectivity index (χ1n) is 6.53. The molecular formula is C13H24N4. The second-order valence-corrected chi connectivity index (χ2v) is 5.56. The summed E-state index contributed by atoms with van der Waals surface area (Å²) < 4.78 is 0. The predicted molar refractivity (Wildman–Crippen MR) is 70.1 cm³/mol. The monoisotopic (exact) mass is 236 g/mol. The number of likely N-dealkylation sites (N-methyl/N-ethyl adjacent to an activating group) is 1. The summed E-state index contributed by atoms with van der Waals surface area (Å²) in [4.78, 5) is 10.6. The van der Waals surface area contributed by atoms with Gasteiger partial charge in [-0.15, -0.1) is 0 Å². The van der Waals surface area contributed by atoms with E-state index in [2.05, 4.69) is 43.0 Å². The third-order valence-electron chi connectivity index (χ3n) is 3.31. The molecule has 2 heterocycles. The zero-order chi connectivity index (χ0) is 12.4. The Bertz CT molecular complexity index is 369. The number of nitrogens with zero attached hydrogens (tertiary/aromatic N) is 2. The summed E-state index contributed by atoms with van der Waals surface area (Å²) in [6.45, 7) is 9.80. The van der Waals surface area contributed by atoms with Crippen LogP contribution in [0.4, 0.5) is 0 Å². The van der Waals surface area contributed by atoms with E-state index < -0.39 is 0 Å². The van der Waals surface area contributed by atoms with E-state index in [0.717, 1.165) is 31.9 Å². The van der Waals surface area contributed by atoms with Gasteiger partial charge in [0.25, 0.3) is 0 Å². The molecule has 2 N–H and O–H groups in total. The maximum Gasteiger partial charge on any atom is 0.125 e. The lowest BCUT2D eigenvalue weighted by atomic mass is 10.1. The fraction of sp³-hybridized carbons (Fsp3) is 0.769. The van der Waals surface area contributed by atoms with E-state index in [0.29, 0.717) is 12.0 Å². The second kappa shape index (κ2) is 5.19. The lowest BCUT2D eigenvalue weighted by Gasteiger charge is -2.29. The number of piperazine rings is 1. The Hall–Kier alpha value is -0.870. The Labute approximate surface area is 104 Å². The number of aromatic amines is 1. The SMILES string of the molecule is Cc1[nH]c(C2CN(C)CCN2)nc1CC(C)C. The van der Waals surface area contributed by atoms with Gasteiger partial charge in [0.15, 0.2) is 0 Å². The van der Waals surface area contributed by atoms with Gasteiger partial charge in [-0.3, -0.25) is 0 Å². The topological polar surface area (TPSA) is 44.0 Å². The number of hydrogen-bond acceptors (Lipinski definition) is 3. The van der Waals surface area contributed by atoms with Crippen LogP contribution in [0.1, 0.15) is 37.1 Å². The molecule has 0 aliphatic carbocycles. The van der Waals surface area contributed by atoms with E-state index in [9.17, 15) is 0 Å². The van der Waals surface area contributed by atoms with E-state index in [1.165, 1.54) is 11.4 Å². The maximum absolute atomic E-state index is 4.76. The fourth-order valence-corrected chi connectivity index (χ4v) is 2.35. The second-order valence-electron chi connectivity index (χ2n) is 5.56. The summed E-state index contributed by atoms with van der Waals surface area (Å²) in [7, 11) is 2.17. The first-order chi connectivity index (χ1) is 8.06. The van der Waals surface area contributed by atoms with Gasteiger partial charge < -0.3 is 15.2 Å². The predicted octanol–water partition coefficient (Wildman–Crippen LogP) is 1.49. The lowest BCUT2D eigenvalue weighted by Crippen LogP contribution is -2.44. The molecular weight excluding hydrogens is 212 g/mol. The van der Waals surface area contributed by atoms with Crippen LogP contribution >= 0.6 is 0 Å². The Balaban J connectivity index is 2.10. The van der Waals surface area contributed by atoms with Crippen LogP contribution in [0.3, 0.4) is 0 Å². The van der Waals surface area contributed by atoms with Gasteiger partial charge in [-0.2, -0.15) is 0 Å². The first kappa shape index (κ1) is 12.6. The van der Waals surface area contributed by atoms with E-state index in [1.807, 2.05) is 0 Å². The molecule has 0 spiro atoms. The fourth-order valence-electron chi connectivity index (χ4n) is 2.35. The van der Waals surface area contributed by atoms with Crippen LogP contribution in [0.15, 0.2) is 0 Å². The number of aromatic nitrogens is 2. The highest BCUT2D eigenvalue weighted by molar-refractivity contribution is 5.16. The highest BCUT2D eigenvalue weighted by Crippen LogP contribution is 2.17. The van der Waals surface area contributed by atoms with Crippen LogP contribution in [0, 0.1) is 12.8 Å². The van der Waals surface area contributed by atoms with Crippen molar-refractivity contribution in [1.82, 2.24) is 20.2 Å². The summed E-state index contributed by atoms with van der Waals surface area (Å²) in [6.07, 6.45) is 1.06. The van der Waals surface area contributed by atoms with Gasteiger partial charge in [-0.25, -0.2) is 4.98 Å². The molecule has 0 saturated carbocycles. The first-order valence-corrected chi connectivity index (χ1v) is 6.53. The highest BCUT2D eigenvalue weighted by atomic mass is 15.2. The smallest absolute Gasteiger partial charge is 0.125 e. The number of nitrogens with one attached hydrogen (secondary N) is 2. The lowest BCUT2D eigenvalue weighted by molar-refractivity contribution is 0.236. The molecule has 1 fully saturated rings. The molecule has 4 nitrogen and oxygen atoms in total. The number of hydrogen-bond donors (Lipinski definition) is 2. The third kappa shape index (κ3) is 3.07. The molecule has 0 amide bonds.